The smallest absolute Gasteiger partial charge is 0.253 e. The lowest BCUT2D eigenvalue weighted by Crippen LogP contribution is -2.44. The van der Waals surface area contributed by atoms with Gasteiger partial charge in [-0.1, -0.05) is 0 Å². The van der Waals surface area contributed by atoms with E-state index in [1.165, 1.54) is 6.42 Å². The summed E-state index contributed by atoms with van der Waals surface area (Å²) in [5, 5.41) is 5.43. The van der Waals surface area contributed by atoms with E-state index in [0.717, 1.165) is 58.0 Å². The molecule has 0 radical (unpaired) electrons. The number of nitrogen functional groups attached to an aromatic ring is 1. The van der Waals surface area contributed by atoms with Crippen molar-refractivity contribution >= 4 is 23.2 Å². The molecule has 2 fully saturated rings. The van der Waals surface area contributed by atoms with Gasteiger partial charge in [0.15, 0.2) is 0 Å². The van der Waals surface area contributed by atoms with E-state index >= 15 is 0 Å². The Balaban J connectivity index is 1.60. The summed E-state index contributed by atoms with van der Waals surface area (Å²) in [6, 6.07) is 5.65. The highest BCUT2D eigenvalue weighted by Gasteiger charge is 2.24. The van der Waals surface area contributed by atoms with Crippen molar-refractivity contribution in [3.05, 3.63) is 23.8 Å². The number of benzene rings is 1. The number of carbonyl (C=O) groups is 2. The molecule has 2 aliphatic rings. The van der Waals surface area contributed by atoms with Gasteiger partial charge in [-0.25, -0.2) is 0 Å². The number of nitrogens with two attached hydrogens (primary N) is 1. The molecule has 1 unspecified atom stereocenters. The Labute approximate surface area is 179 Å². The Morgan fingerprint density at radius 3 is 2.73 bits per heavy atom. The average molecular weight is 418 g/mol. The summed E-state index contributed by atoms with van der Waals surface area (Å²) in [5.41, 5.74) is 7.90. The number of piperidine rings is 1. The van der Waals surface area contributed by atoms with Gasteiger partial charge in [0.2, 0.25) is 5.91 Å². The lowest BCUT2D eigenvalue weighted by Gasteiger charge is -2.38. The highest BCUT2D eigenvalue weighted by Crippen LogP contribution is 2.27. The zero-order valence-electron chi connectivity index (χ0n) is 18.2. The third kappa shape index (κ3) is 6.34. The van der Waals surface area contributed by atoms with Crippen LogP contribution in [0.5, 0.6) is 0 Å². The average Bonchev–Trinajstić information content (AvgIpc) is 2.73. The summed E-state index contributed by atoms with van der Waals surface area (Å²) in [5.74, 6) is 0.0663. The predicted molar refractivity (Wildman–Crippen MR) is 119 cm³/mol. The van der Waals surface area contributed by atoms with Crippen LogP contribution in [0.25, 0.3) is 0 Å². The Hall–Kier alpha value is -2.32. The van der Waals surface area contributed by atoms with Crippen molar-refractivity contribution in [2.45, 2.75) is 32.7 Å². The summed E-state index contributed by atoms with van der Waals surface area (Å²) in [6.45, 7) is 10.4. The summed E-state index contributed by atoms with van der Waals surface area (Å²) < 4.78 is 5.45. The first kappa shape index (κ1) is 22.4. The third-order valence-corrected chi connectivity index (χ3v) is 5.64. The fourth-order valence-corrected chi connectivity index (χ4v) is 4.16. The van der Waals surface area contributed by atoms with Crippen LogP contribution in [0.2, 0.25) is 0 Å². The molecule has 2 aliphatic heterocycles. The van der Waals surface area contributed by atoms with Crippen LogP contribution in [-0.2, 0) is 9.53 Å². The van der Waals surface area contributed by atoms with Crippen molar-refractivity contribution < 1.29 is 14.3 Å². The van der Waals surface area contributed by atoms with Crippen molar-refractivity contribution in [2.75, 3.05) is 63.1 Å². The van der Waals surface area contributed by atoms with Gasteiger partial charge in [-0.2, -0.15) is 0 Å². The first-order chi connectivity index (χ1) is 14.4. The molecule has 0 aromatic heterocycles. The SMILES string of the molecule is CC(C)NC(=O)CNC(=O)c1cc(N2CCCC(CN3CCOCC3)C2)ccc1N. The summed E-state index contributed by atoms with van der Waals surface area (Å²) in [7, 11) is 0. The van der Waals surface area contributed by atoms with E-state index in [4.69, 9.17) is 10.5 Å². The summed E-state index contributed by atoms with van der Waals surface area (Å²) >= 11 is 0. The second-order valence-electron chi connectivity index (χ2n) is 8.54. The molecule has 3 rings (SSSR count). The van der Waals surface area contributed by atoms with Gasteiger partial charge in [-0.3, -0.25) is 14.5 Å². The maximum atomic E-state index is 12.6. The minimum atomic E-state index is -0.324. The standard InChI is InChI=1S/C22H35N5O3/c1-16(2)25-21(28)13-24-22(29)19-12-18(5-6-20(19)23)27-7-3-4-17(15-27)14-26-8-10-30-11-9-26/h5-6,12,16-17H,3-4,7-11,13-15,23H2,1-2H3,(H,24,29)(H,25,28). The number of anilines is 2. The number of rotatable bonds is 7. The highest BCUT2D eigenvalue weighted by atomic mass is 16.5. The molecular formula is C22H35N5O3. The molecule has 2 saturated heterocycles. The van der Waals surface area contributed by atoms with E-state index in [1.807, 2.05) is 26.0 Å². The zero-order valence-corrected chi connectivity index (χ0v) is 18.2. The summed E-state index contributed by atoms with van der Waals surface area (Å²) in [4.78, 5) is 29.3. The van der Waals surface area contributed by atoms with Crippen molar-refractivity contribution in [1.29, 1.82) is 0 Å². The molecule has 1 aromatic carbocycles. The lowest BCUT2D eigenvalue weighted by atomic mass is 9.96. The number of hydrogen-bond donors (Lipinski definition) is 3. The molecule has 0 bridgehead atoms. The highest BCUT2D eigenvalue weighted by molar-refractivity contribution is 6.01. The number of ether oxygens (including phenoxy) is 1. The lowest BCUT2D eigenvalue weighted by molar-refractivity contribution is -0.120. The molecule has 2 amide bonds. The number of morpholine rings is 1. The van der Waals surface area contributed by atoms with Crippen molar-refractivity contribution in [1.82, 2.24) is 15.5 Å². The van der Waals surface area contributed by atoms with Gasteiger partial charge >= 0.3 is 0 Å². The first-order valence-corrected chi connectivity index (χ1v) is 10.9. The van der Waals surface area contributed by atoms with Gasteiger partial charge in [0.25, 0.3) is 5.91 Å². The fourth-order valence-electron chi connectivity index (χ4n) is 4.16. The Bertz CT molecular complexity index is 733. The van der Waals surface area contributed by atoms with Crippen LogP contribution >= 0.6 is 0 Å². The third-order valence-electron chi connectivity index (χ3n) is 5.64. The first-order valence-electron chi connectivity index (χ1n) is 10.9. The quantitative estimate of drug-likeness (QED) is 0.574. The van der Waals surface area contributed by atoms with Gasteiger partial charge < -0.3 is 26.0 Å². The summed E-state index contributed by atoms with van der Waals surface area (Å²) in [6.07, 6.45) is 2.36. The van der Waals surface area contributed by atoms with Crippen molar-refractivity contribution in [3.63, 3.8) is 0 Å². The van der Waals surface area contributed by atoms with E-state index in [9.17, 15) is 9.59 Å². The number of carbonyl (C=O) groups excluding carboxylic acids is 2. The van der Waals surface area contributed by atoms with Gasteiger partial charge in [-0.05, 0) is 50.8 Å². The van der Waals surface area contributed by atoms with Crippen molar-refractivity contribution in [2.24, 2.45) is 5.92 Å². The molecular weight excluding hydrogens is 382 g/mol. The molecule has 30 heavy (non-hydrogen) atoms. The monoisotopic (exact) mass is 417 g/mol. The van der Waals surface area contributed by atoms with Gasteiger partial charge in [0.05, 0.1) is 25.3 Å². The van der Waals surface area contributed by atoms with E-state index in [0.29, 0.717) is 17.2 Å². The van der Waals surface area contributed by atoms with Crippen LogP contribution in [0.1, 0.15) is 37.0 Å². The topological polar surface area (TPSA) is 99.9 Å². The minimum absolute atomic E-state index is 0.0345. The second-order valence-corrected chi connectivity index (χ2v) is 8.54. The molecule has 0 aliphatic carbocycles. The molecule has 2 heterocycles. The number of nitrogens with one attached hydrogen (secondary N) is 2. The van der Waals surface area contributed by atoms with E-state index < -0.39 is 0 Å². The van der Waals surface area contributed by atoms with Gasteiger partial charge in [-0.15, -0.1) is 0 Å². The number of nitrogens with zero attached hydrogens (tertiary/aromatic N) is 2. The molecule has 4 N–H and O–H groups in total. The minimum Gasteiger partial charge on any atom is -0.398 e. The van der Waals surface area contributed by atoms with Crippen LogP contribution in [0.3, 0.4) is 0 Å². The van der Waals surface area contributed by atoms with Gasteiger partial charge in [0.1, 0.15) is 0 Å². The van der Waals surface area contributed by atoms with Gasteiger partial charge in [0, 0.05) is 50.1 Å². The number of amides is 2. The van der Waals surface area contributed by atoms with E-state index in [-0.39, 0.29) is 24.4 Å². The van der Waals surface area contributed by atoms with Crippen molar-refractivity contribution in [3.8, 4) is 0 Å². The zero-order chi connectivity index (χ0) is 21.5. The Kier molecular flexibility index (Phi) is 7.93. The molecule has 1 aromatic rings. The van der Waals surface area contributed by atoms with E-state index in [1.54, 1.807) is 6.07 Å². The fraction of sp³-hybridized carbons (Fsp3) is 0.636. The maximum absolute atomic E-state index is 12.6. The van der Waals surface area contributed by atoms with Crippen LogP contribution in [0, 0.1) is 5.92 Å². The van der Waals surface area contributed by atoms with Crippen LogP contribution < -0.4 is 21.3 Å². The normalized spacial score (nSPS) is 20.2. The van der Waals surface area contributed by atoms with Crippen LogP contribution in [0.15, 0.2) is 18.2 Å². The van der Waals surface area contributed by atoms with E-state index in [2.05, 4.69) is 20.4 Å². The molecule has 8 heteroatoms. The number of hydrogen-bond acceptors (Lipinski definition) is 6. The Morgan fingerprint density at radius 1 is 1.23 bits per heavy atom. The molecule has 0 spiro atoms. The van der Waals surface area contributed by atoms with Crippen LogP contribution in [0.4, 0.5) is 11.4 Å². The molecule has 8 nitrogen and oxygen atoms in total. The second kappa shape index (κ2) is 10.6. The largest absolute Gasteiger partial charge is 0.398 e. The maximum Gasteiger partial charge on any atom is 0.253 e. The molecule has 0 saturated carbocycles. The molecule has 166 valence electrons. The molecule has 1 atom stereocenters. The Morgan fingerprint density at radius 2 is 2.00 bits per heavy atom. The predicted octanol–water partition coefficient (Wildman–Crippen LogP) is 1.07. The van der Waals surface area contributed by atoms with Crippen LogP contribution in [-0.4, -0.2) is 75.2 Å².